The number of rotatable bonds is 10. The first-order valence-corrected chi connectivity index (χ1v) is 9.69. The van der Waals surface area contributed by atoms with E-state index in [1.54, 1.807) is 6.92 Å². The zero-order valence-electron chi connectivity index (χ0n) is 17.7. The van der Waals surface area contributed by atoms with Crippen molar-refractivity contribution in [2.45, 2.75) is 20.4 Å². The summed E-state index contributed by atoms with van der Waals surface area (Å²) in [6.07, 6.45) is 0. The molecule has 0 saturated carbocycles. The molecule has 0 aliphatic rings. The van der Waals surface area contributed by atoms with E-state index in [9.17, 15) is 24.1 Å². The van der Waals surface area contributed by atoms with E-state index in [-0.39, 0.29) is 49.3 Å². The minimum atomic E-state index is -0.648. The summed E-state index contributed by atoms with van der Waals surface area (Å²) in [5.41, 5.74) is 0.484. The number of carbonyl (C=O) groups is 2. The Morgan fingerprint density at radius 3 is 2.58 bits per heavy atom. The molecule has 0 fully saturated rings. The van der Waals surface area contributed by atoms with Gasteiger partial charge in [0.25, 0.3) is 5.91 Å². The van der Waals surface area contributed by atoms with Gasteiger partial charge in [0.2, 0.25) is 0 Å². The largest absolute Gasteiger partial charge is 0.484 e. The van der Waals surface area contributed by atoms with Crippen molar-refractivity contribution >= 4 is 17.5 Å². The summed E-state index contributed by atoms with van der Waals surface area (Å²) in [6.45, 7) is 2.99. The topological polar surface area (TPSA) is 167 Å². The summed E-state index contributed by atoms with van der Waals surface area (Å²) in [5, 5.41) is 23.9. The van der Waals surface area contributed by atoms with Gasteiger partial charge >= 0.3 is 17.5 Å². The van der Waals surface area contributed by atoms with Gasteiger partial charge < -0.3 is 19.9 Å². The number of amides is 2. The molecule has 174 valence electrons. The van der Waals surface area contributed by atoms with Gasteiger partial charge in [0.1, 0.15) is 29.5 Å². The highest BCUT2D eigenvalue weighted by molar-refractivity contribution is 5.89. The predicted octanol–water partition coefficient (Wildman–Crippen LogP) is 0.904. The molecule has 14 heteroatoms. The van der Waals surface area contributed by atoms with Crippen LogP contribution < -0.4 is 15.4 Å². The molecule has 3 aromatic rings. The van der Waals surface area contributed by atoms with Crippen LogP contribution in [0.1, 0.15) is 27.9 Å². The monoisotopic (exact) mass is 461 g/mol. The SMILES string of the molecule is Cc1nn(Cc2noc(C(=O)NCCNC(=O)COc3ccc(F)cc3)n2)c(C)c1[N+](=O)[O-]. The van der Waals surface area contributed by atoms with E-state index in [4.69, 9.17) is 9.26 Å². The van der Waals surface area contributed by atoms with Crippen LogP contribution in [0.3, 0.4) is 0 Å². The van der Waals surface area contributed by atoms with Crippen LogP contribution in [-0.2, 0) is 11.3 Å². The fourth-order valence-electron chi connectivity index (χ4n) is 2.83. The van der Waals surface area contributed by atoms with Crippen molar-refractivity contribution in [2.24, 2.45) is 0 Å². The lowest BCUT2D eigenvalue weighted by Gasteiger charge is -2.07. The highest BCUT2D eigenvalue weighted by atomic mass is 19.1. The van der Waals surface area contributed by atoms with Crippen molar-refractivity contribution in [3.8, 4) is 5.75 Å². The summed E-state index contributed by atoms with van der Waals surface area (Å²) in [6, 6.07) is 5.23. The molecule has 0 unspecified atom stereocenters. The molecule has 3 rings (SSSR count). The maximum Gasteiger partial charge on any atom is 0.316 e. The number of halogens is 1. The Morgan fingerprint density at radius 2 is 1.91 bits per heavy atom. The lowest BCUT2D eigenvalue weighted by Crippen LogP contribution is -2.36. The molecule has 0 aliphatic heterocycles. The van der Waals surface area contributed by atoms with Gasteiger partial charge in [-0.1, -0.05) is 5.16 Å². The number of nitrogens with one attached hydrogen (secondary N) is 2. The van der Waals surface area contributed by atoms with E-state index in [1.165, 1.54) is 35.9 Å². The average Bonchev–Trinajstić information content (AvgIpc) is 3.35. The number of aryl methyl sites for hydroxylation is 1. The molecular formula is C19H20FN7O6. The van der Waals surface area contributed by atoms with Crippen LogP contribution in [0.15, 0.2) is 28.8 Å². The van der Waals surface area contributed by atoms with Crippen LogP contribution in [0.25, 0.3) is 0 Å². The van der Waals surface area contributed by atoms with Crippen LogP contribution in [0, 0.1) is 29.8 Å². The molecule has 0 aliphatic carbocycles. The van der Waals surface area contributed by atoms with Crippen molar-refractivity contribution in [1.29, 1.82) is 0 Å². The van der Waals surface area contributed by atoms with Crippen molar-refractivity contribution in [3.63, 3.8) is 0 Å². The van der Waals surface area contributed by atoms with E-state index in [1.807, 2.05) is 0 Å². The van der Waals surface area contributed by atoms with E-state index >= 15 is 0 Å². The van der Waals surface area contributed by atoms with Gasteiger partial charge in [-0.2, -0.15) is 10.1 Å². The predicted molar refractivity (Wildman–Crippen MR) is 109 cm³/mol. The second-order valence-electron chi connectivity index (χ2n) is 6.80. The van der Waals surface area contributed by atoms with Gasteiger partial charge in [-0.25, -0.2) is 4.39 Å². The van der Waals surface area contributed by atoms with E-state index in [2.05, 4.69) is 25.9 Å². The molecule has 33 heavy (non-hydrogen) atoms. The third-order valence-corrected chi connectivity index (χ3v) is 4.40. The quantitative estimate of drug-likeness (QED) is 0.253. The molecular weight excluding hydrogens is 441 g/mol. The smallest absolute Gasteiger partial charge is 0.316 e. The summed E-state index contributed by atoms with van der Waals surface area (Å²) < 4.78 is 24.3. The second kappa shape index (κ2) is 10.3. The third kappa shape index (κ3) is 6.09. The standard InChI is InChI=1S/C19H20FN7O6/c1-11-17(27(30)31)12(2)26(24-11)9-15-23-19(33-25-15)18(29)22-8-7-21-16(28)10-32-14-5-3-13(20)4-6-14/h3-6H,7-10H2,1-2H3,(H,21,28)(H,22,29). The van der Waals surface area contributed by atoms with Crippen molar-refractivity contribution in [3.05, 3.63) is 63.3 Å². The zero-order valence-corrected chi connectivity index (χ0v) is 17.7. The number of benzene rings is 1. The van der Waals surface area contributed by atoms with Gasteiger partial charge in [0.05, 0.1) is 4.92 Å². The number of ether oxygens (including phenoxy) is 1. The molecule has 0 bridgehead atoms. The fourth-order valence-corrected chi connectivity index (χ4v) is 2.83. The van der Waals surface area contributed by atoms with E-state index in [0.717, 1.165) is 0 Å². The lowest BCUT2D eigenvalue weighted by atomic mass is 10.3. The van der Waals surface area contributed by atoms with E-state index in [0.29, 0.717) is 11.4 Å². The number of nitrogens with zero attached hydrogens (tertiary/aromatic N) is 5. The molecule has 2 aromatic heterocycles. The summed E-state index contributed by atoms with van der Waals surface area (Å²) in [5.74, 6) is -1.31. The second-order valence-corrected chi connectivity index (χ2v) is 6.80. The zero-order chi connectivity index (χ0) is 24.0. The summed E-state index contributed by atoms with van der Waals surface area (Å²) >= 11 is 0. The Labute approximate surface area is 186 Å². The fraction of sp³-hybridized carbons (Fsp3) is 0.316. The molecule has 1 aromatic carbocycles. The lowest BCUT2D eigenvalue weighted by molar-refractivity contribution is -0.386. The summed E-state index contributed by atoms with van der Waals surface area (Å²) in [7, 11) is 0. The average molecular weight is 461 g/mol. The number of carbonyl (C=O) groups excluding carboxylic acids is 2. The van der Waals surface area contributed by atoms with Gasteiger partial charge in [0, 0.05) is 13.1 Å². The maximum absolute atomic E-state index is 12.8. The van der Waals surface area contributed by atoms with Gasteiger partial charge in [-0.3, -0.25) is 24.4 Å². The van der Waals surface area contributed by atoms with Crippen molar-refractivity contribution in [2.75, 3.05) is 19.7 Å². The molecule has 2 N–H and O–H groups in total. The molecule has 2 amide bonds. The van der Waals surface area contributed by atoms with Crippen LogP contribution in [0.2, 0.25) is 0 Å². The van der Waals surface area contributed by atoms with Crippen LogP contribution in [0.4, 0.5) is 10.1 Å². The minimum absolute atomic E-state index is 0.0125. The summed E-state index contributed by atoms with van der Waals surface area (Å²) in [4.78, 5) is 38.4. The first-order valence-electron chi connectivity index (χ1n) is 9.69. The first kappa shape index (κ1) is 23.3. The molecule has 0 spiro atoms. The first-order chi connectivity index (χ1) is 15.7. The number of hydrogen-bond donors (Lipinski definition) is 2. The Hall–Kier alpha value is -4.36. The highest BCUT2D eigenvalue weighted by Crippen LogP contribution is 2.22. The Balaban J connectivity index is 1.41. The molecule has 0 atom stereocenters. The van der Waals surface area contributed by atoms with Crippen LogP contribution >= 0.6 is 0 Å². The van der Waals surface area contributed by atoms with E-state index < -0.39 is 22.6 Å². The number of hydrogen-bond acceptors (Lipinski definition) is 9. The molecule has 0 radical (unpaired) electrons. The number of nitro groups is 1. The highest BCUT2D eigenvalue weighted by Gasteiger charge is 2.23. The number of aromatic nitrogens is 4. The molecule has 2 heterocycles. The van der Waals surface area contributed by atoms with Crippen molar-refractivity contribution in [1.82, 2.24) is 30.6 Å². The van der Waals surface area contributed by atoms with Gasteiger partial charge in [0.15, 0.2) is 12.4 Å². The Kier molecular flexibility index (Phi) is 7.27. The Morgan fingerprint density at radius 1 is 1.21 bits per heavy atom. The normalized spacial score (nSPS) is 10.6. The van der Waals surface area contributed by atoms with Crippen LogP contribution in [0.5, 0.6) is 5.75 Å². The maximum atomic E-state index is 12.8. The molecule has 0 saturated heterocycles. The minimum Gasteiger partial charge on any atom is -0.484 e. The molecule has 13 nitrogen and oxygen atoms in total. The van der Waals surface area contributed by atoms with Crippen molar-refractivity contribution < 1.29 is 28.2 Å². The van der Waals surface area contributed by atoms with Crippen LogP contribution in [-0.4, -0.2) is 56.4 Å². The Bertz CT molecular complexity index is 1160. The van der Waals surface area contributed by atoms with Gasteiger partial charge in [-0.15, -0.1) is 0 Å². The third-order valence-electron chi connectivity index (χ3n) is 4.40. The van der Waals surface area contributed by atoms with Gasteiger partial charge in [-0.05, 0) is 38.1 Å².